The van der Waals surface area contributed by atoms with Gasteiger partial charge in [0, 0.05) is 113 Å². The number of benzene rings is 10. The molecule has 1 aliphatic carbocycles. The highest BCUT2D eigenvalue weighted by molar-refractivity contribution is 6.42. The summed E-state index contributed by atoms with van der Waals surface area (Å²) in [5.74, 6) is -1.19. The lowest BCUT2D eigenvalue weighted by molar-refractivity contribution is -0.111. The number of carbonyl (C=O) groups is 1. The lowest BCUT2D eigenvalue weighted by Gasteiger charge is -2.25. The topological polar surface area (TPSA) is 281 Å². The Morgan fingerprint density at radius 3 is 1.04 bits per heavy atom. The van der Waals surface area contributed by atoms with Crippen LogP contribution in [-0.4, -0.2) is 106 Å². The number of phenols is 4. The number of allylic oxidation sites excluding steroid dienone is 2. The largest absolute Gasteiger partial charge is 0.504 e. The van der Waals surface area contributed by atoms with Gasteiger partial charge < -0.3 is 68.5 Å². The third kappa shape index (κ3) is 7.21. The number of ether oxygens (including phenoxy) is 8. The van der Waals surface area contributed by atoms with Gasteiger partial charge in [-0.1, -0.05) is 5.57 Å². The second-order valence-electron chi connectivity index (χ2n) is 19.6. The third-order valence-corrected chi connectivity index (χ3v) is 15.2. The lowest BCUT2D eigenvalue weighted by atomic mass is 9.81. The van der Waals surface area contributed by atoms with Crippen LogP contribution in [0, 0.1) is 0 Å². The molecule has 0 radical (unpaired) electrons. The molecule has 0 saturated carbocycles. The maximum atomic E-state index is 13.5. The zero-order chi connectivity index (χ0) is 57.3. The molecule has 408 valence electrons. The van der Waals surface area contributed by atoms with Crippen LogP contribution in [0.2, 0.25) is 0 Å². The third-order valence-electron chi connectivity index (χ3n) is 15.2. The van der Waals surface area contributed by atoms with Crippen LogP contribution in [0.25, 0.3) is 91.8 Å². The van der Waals surface area contributed by atoms with Crippen molar-refractivity contribution < 1.29 is 73.3 Å². The minimum atomic E-state index is -0.903. The van der Waals surface area contributed by atoms with Crippen LogP contribution in [0.1, 0.15) is 49.9 Å². The van der Waals surface area contributed by atoms with E-state index in [0.29, 0.717) is 92.5 Å². The number of ketones is 1. The molecule has 2 unspecified atom stereocenters. The summed E-state index contributed by atoms with van der Waals surface area (Å²) < 4.78 is 45.2. The van der Waals surface area contributed by atoms with E-state index in [0.717, 1.165) is 0 Å². The van der Waals surface area contributed by atoms with Crippen molar-refractivity contribution in [3.8, 4) is 69.0 Å². The van der Waals surface area contributed by atoms with Gasteiger partial charge in [0.05, 0.1) is 90.6 Å². The zero-order valence-electron chi connectivity index (χ0n) is 45.1. The number of hydrogen-bond donors (Lipinski definition) is 6. The first-order valence-corrected chi connectivity index (χ1v) is 24.8. The smallest absolute Gasteiger partial charge is 0.194 e. The summed E-state index contributed by atoms with van der Waals surface area (Å²) in [5, 5.41) is 71.0. The molecule has 1 aliphatic rings. The maximum absolute atomic E-state index is 13.5. The highest BCUT2D eigenvalue weighted by Crippen LogP contribution is 2.59. The number of aromatic hydroxyl groups is 4. The molecule has 2 atom stereocenters. The summed E-state index contributed by atoms with van der Waals surface area (Å²) in [4.78, 5) is 67.2. The number of phenolic OH excluding ortho intramolecular Hbond substituents is 4. The van der Waals surface area contributed by atoms with E-state index in [1.807, 2.05) is 0 Å². The maximum Gasteiger partial charge on any atom is 0.194 e. The monoisotopic (exact) mass is 1080 g/mol. The fraction of sp³-hybridized carbons (Fsp3) is 0.283. The Morgan fingerprint density at radius 2 is 0.734 bits per heavy atom. The number of carbonyl (C=O) groups excluding carboxylic acids is 1. The fourth-order valence-electron chi connectivity index (χ4n) is 12.5. The quantitative estimate of drug-likeness (QED) is 0.0483. The molecule has 0 heterocycles. The van der Waals surface area contributed by atoms with Crippen LogP contribution in [0.15, 0.2) is 49.0 Å². The molecular formula is C60H54O19. The molecule has 19 heteroatoms. The van der Waals surface area contributed by atoms with E-state index in [2.05, 4.69) is 0 Å². The first-order valence-electron chi connectivity index (χ1n) is 24.8. The second kappa shape index (κ2) is 19.1. The van der Waals surface area contributed by atoms with Gasteiger partial charge in [-0.3, -0.25) is 24.0 Å². The van der Waals surface area contributed by atoms with Crippen LogP contribution in [0.4, 0.5) is 0 Å². The summed E-state index contributed by atoms with van der Waals surface area (Å²) in [5.41, 5.74) is 0.322. The van der Waals surface area contributed by atoms with E-state index in [1.54, 1.807) is 20.8 Å². The van der Waals surface area contributed by atoms with Crippen molar-refractivity contribution in [3.63, 3.8) is 0 Å². The van der Waals surface area contributed by atoms with Gasteiger partial charge in [0.15, 0.2) is 73.5 Å². The minimum absolute atomic E-state index is 0.00428. The summed E-state index contributed by atoms with van der Waals surface area (Å²) in [6.07, 6.45) is -1.64. The summed E-state index contributed by atoms with van der Waals surface area (Å²) >= 11 is 0. The van der Waals surface area contributed by atoms with Crippen LogP contribution >= 0.6 is 0 Å². The number of fused-ring (bicyclic) bond motifs is 3. The average Bonchev–Trinajstić information content (AvgIpc) is 2.15. The van der Waals surface area contributed by atoms with Gasteiger partial charge in [-0.2, -0.15) is 0 Å². The van der Waals surface area contributed by atoms with Crippen LogP contribution < -0.4 is 59.6 Å². The van der Waals surface area contributed by atoms with Gasteiger partial charge in [0.1, 0.15) is 23.0 Å². The molecule has 10 aromatic rings. The highest BCUT2D eigenvalue weighted by Gasteiger charge is 2.37. The summed E-state index contributed by atoms with van der Waals surface area (Å²) in [6, 6.07) is 4.97. The van der Waals surface area contributed by atoms with Gasteiger partial charge in [-0.25, -0.2) is 0 Å². The average molecular weight is 1080 g/mol. The Bertz CT molecular complexity index is 4420. The van der Waals surface area contributed by atoms with Crippen molar-refractivity contribution in [3.05, 3.63) is 93.0 Å². The Morgan fingerprint density at radius 1 is 0.430 bits per heavy atom. The molecule has 0 amide bonds. The molecule has 0 aliphatic heterocycles. The van der Waals surface area contributed by atoms with Gasteiger partial charge >= 0.3 is 0 Å². The molecule has 0 saturated heterocycles. The normalized spacial score (nSPS) is 13.3. The first-order chi connectivity index (χ1) is 37.6. The Labute approximate surface area is 447 Å². The molecular weight excluding hydrogens is 1020 g/mol. The van der Waals surface area contributed by atoms with Crippen molar-refractivity contribution in [2.45, 2.75) is 59.2 Å². The standard InChI is InChI=1S/C30H30O10.C30H24O9/c1-11(31)7-13-19-20-14(8-12(2)32)30(40-6)28(36)22-16(34)10-18(38-4)24(26(20)22)23-17(37-3)9-15(33)21(25(19)23)27(35)29(13)39-5;1-10-7-12-18-23-19(27(34)29(12)38-5)13(32)8-15(36-3)21(23)22-16(37-4)9-14(33)20-25(22)24(18)26(17(10)11(2)31)30(39-6)28(20)35/h9-12,31-32,35-36H,7-8H2,1-6H3;8-9,34-35H,7H2,1-6H3. The summed E-state index contributed by atoms with van der Waals surface area (Å²) in [7, 11) is 11.0. The number of aliphatic hydroxyl groups excluding tert-OH is 2. The van der Waals surface area contributed by atoms with Crippen molar-refractivity contribution in [1.29, 1.82) is 0 Å². The van der Waals surface area contributed by atoms with Gasteiger partial charge in [0.2, 0.25) is 0 Å². The first kappa shape index (κ1) is 53.3. The fourth-order valence-corrected chi connectivity index (χ4v) is 12.5. The minimum Gasteiger partial charge on any atom is -0.504 e. The van der Waals surface area contributed by atoms with E-state index < -0.39 is 51.2 Å². The predicted octanol–water partition coefficient (Wildman–Crippen LogP) is 7.45. The molecule has 0 spiro atoms. The van der Waals surface area contributed by atoms with Gasteiger partial charge in [-0.15, -0.1) is 0 Å². The van der Waals surface area contributed by atoms with Crippen molar-refractivity contribution >= 4 is 97.5 Å². The predicted molar refractivity (Wildman–Crippen MR) is 300 cm³/mol. The highest BCUT2D eigenvalue weighted by atomic mass is 16.5. The number of Topliss-reactive ketones (excluding diaryl/α,β-unsaturated/α-hetero) is 1. The zero-order valence-corrected chi connectivity index (χ0v) is 45.1. The van der Waals surface area contributed by atoms with Gasteiger partial charge in [-0.05, 0) is 50.3 Å². The summed E-state index contributed by atoms with van der Waals surface area (Å²) in [6.45, 7) is 6.32. The van der Waals surface area contributed by atoms with E-state index in [9.17, 15) is 54.6 Å². The number of hydrogen-bond acceptors (Lipinski definition) is 19. The molecule has 0 aromatic heterocycles. The molecule has 10 aromatic carbocycles. The Hall–Kier alpha value is -9.07. The van der Waals surface area contributed by atoms with E-state index in [-0.39, 0.29) is 104 Å². The molecule has 19 nitrogen and oxygen atoms in total. The van der Waals surface area contributed by atoms with Gasteiger partial charge in [0.25, 0.3) is 0 Å². The van der Waals surface area contributed by atoms with E-state index >= 15 is 0 Å². The molecule has 0 fully saturated rings. The van der Waals surface area contributed by atoms with Crippen LogP contribution in [0.3, 0.4) is 0 Å². The van der Waals surface area contributed by atoms with Crippen LogP contribution in [-0.2, 0) is 24.1 Å². The molecule has 0 bridgehead atoms. The number of rotatable bonds is 13. The molecule has 6 N–H and O–H groups in total. The van der Waals surface area contributed by atoms with Crippen LogP contribution in [0.5, 0.6) is 69.0 Å². The lowest BCUT2D eigenvalue weighted by Crippen LogP contribution is -2.14. The van der Waals surface area contributed by atoms with Crippen molar-refractivity contribution in [2.24, 2.45) is 0 Å². The molecule has 79 heavy (non-hydrogen) atoms. The SMILES string of the molecule is COc1c(O)c2c(=O)cc(OC)c3c4c(OC)cc(=O)c5c(O)c(OC)c(CC(C)O)c(c(c1CC(C)O)c23)c54.COc1c(O)c2c(=O)cc(OC)c3c4c(OC)cc(=O)c5c(O)c(OC)c6c(c(c1CC(C)=C6C(C)=O)c23)c54. The number of methoxy groups -OCH3 is 8. The van der Waals surface area contributed by atoms with E-state index in [1.165, 1.54) is 88.1 Å². The van der Waals surface area contributed by atoms with Crippen molar-refractivity contribution in [1.82, 2.24) is 0 Å². The Balaban J connectivity index is 0.000000178. The van der Waals surface area contributed by atoms with Crippen molar-refractivity contribution in [2.75, 3.05) is 56.9 Å². The Kier molecular flexibility index (Phi) is 12.9. The molecule has 11 rings (SSSR count). The number of aliphatic hydroxyl groups is 2. The second-order valence-corrected chi connectivity index (χ2v) is 19.6. The van der Waals surface area contributed by atoms with E-state index in [4.69, 9.17) is 37.9 Å².